The lowest BCUT2D eigenvalue weighted by atomic mass is 9.85. The molecule has 1 aliphatic rings. The van der Waals surface area contributed by atoms with Gasteiger partial charge in [-0.05, 0) is 67.3 Å². The van der Waals surface area contributed by atoms with Crippen molar-refractivity contribution in [2.75, 3.05) is 72.9 Å². The Morgan fingerprint density at radius 3 is 2.29 bits per heavy atom. The van der Waals surface area contributed by atoms with E-state index in [2.05, 4.69) is 20.3 Å². The summed E-state index contributed by atoms with van der Waals surface area (Å²) in [4.78, 5) is 25.6. The molecule has 0 bridgehead atoms. The van der Waals surface area contributed by atoms with E-state index >= 15 is 0 Å². The molecular formula is C34H50Cl2N4O7S. The molecule has 1 aliphatic heterocycles. The van der Waals surface area contributed by atoms with Gasteiger partial charge in [-0.2, -0.15) is 0 Å². The number of likely N-dealkylation sites (N-methyl/N-ethyl adjacent to an activating group) is 1. The number of sulfonamides is 1. The van der Waals surface area contributed by atoms with Gasteiger partial charge in [-0.3, -0.25) is 4.79 Å². The fraction of sp³-hybridized carbons (Fsp3) is 0.588. The van der Waals surface area contributed by atoms with E-state index in [0.29, 0.717) is 87.9 Å². The molecule has 0 fully saturated rings. The van der Waals surface area contributed by atoms with Crippen molar-refractivity contribution in [3.63, 3.8) is 0 Å². The molecule has 2 aromatic rings. The van der Waals surface area contributed by atoms with E-state index in [-0.39, 0.29) is 30.0 Å². The van der Waals surface area contributed by atoms with Crippen LogP contribution in [-0.2, 0) is 35.6 Å². The van der Waals surface area contributed by atoms with Crippen molar-refractivity contribution < 1.29 is 32.2 Å². The number of halogens is 2. The lowest BCUT2D eigenvalue weighted by Crippen LogP contribution is -2.37. The van der Waals surface area contributed by atoms with Crippen LogP contribution in [0.2, 0.25) is 10.0 Å². The van der Waals surface area contributed by atoms with Crippen molar-refractivity contribution >= 4 is 45.0 Å². The summed E-state index contributed by atoms with van der Waals surface area (Å²) in [5.41, 5.74) is 2.90. The first-order chi connectivity index (χ1) is 23.1. The summed E-state index contributed by atoms with van der Waals surface area (Å²) >= 11 is 12.8. The van der Waals surface area contributed by atoms with Gasteiger partial charge in [0.2, 0.25) is 10.0 Å². The molecule has 3 N–H and O–H groups in total. The fourth-order valence-corrected chi connectivity index (χ4v) is 7.07. The van der Waals surface area contributed by atoms with Crippen molar-refractivity contribution in [2.45, 2.75) is 62.8 Å². The number of ketones is 1. The minimum absolute atomic E-state index is 0.0669. The van der Waals surface area contributed by atoms with Crippen LogP contribution < -0.4 is 15.4 Å². The highest BCUT2D eigenvalue weighted by molar-refractivity contribution is 7.89. The van der Waals surface area contributed by atoms with Gasteiger partial charge in [-0.1, -0.05) is 48.7 Å². The maximum absolute atomic E-state index is 13.0. The first kappa shape index (κ1) is 40.1. The van der Waals surface area contributed by atoms with Gasteiger partial charge in [-0.25, -0.2) is 17.9 Å². The molecule has 0 spiro atoms. The molecule has 48 heavy (non-hydrogen) atoms. The summed E-state index contributed by atoms with van der Waals surface area (Å²) in [5.74, 6) is 0.246. The van der Waals surface area contributed by atoms with Crippen molar-refractivity contribution in [1.82, 2.24) is 20.3 Å². The predicted octanol–water partition coefficient (Wildman–Crippen LogP) is 5.13. The number of ether oxygens (including phenoxy) is 3. The van der Waals surface area contributed by atoms with Crippen molar-refractivity contribution in [2.24, 2.45) is 0 Å². The maximum Gasteiger partial charge on any atom is 0.314 e. The van der Waals surface area contributed by atoms with Crippen LogP contribution in [0.25, 0.3) is 0 Å². The number of Topliss-reactive ketones (excluding diaryl/α,β-unsaturated/α-hetero) is 1. The number of hydrogen-bond donors (Lipinski definition) is 3. The molecule has 14 heteroatoms. The zero-order valence-corrected chi connectivity index (χ0v) is 30.4. The molecule has 268 valence electrons. The van der Waals surface area contributed by atoms with Crippen molar-refractivity contribution in [3.8, 4) is 0 Å². The zero-order valence-electron chi connectivity index (χ0n) is 28.0. The van der Waals surface area contributed by atoms with Crippen LogP contribution in [0.1, 0.15) is 68.1 Å². The quantitative estimate of drug-likeness (QED) is 0.134. The van der Waals surface area contributed by atoms with Crippen LogP contribution in [0.15, 0.2) is 41.3 Å². The summed E-state index contributed by atoms with van der Waals surface area (Å²) in [6.07, 6.45) is 4.80. The second kappa shape index (κ2) is 21.7. The van der Waals surface area contributed by atoms with Gasteiger partial charge in [0.1, 0.15) is 5.78 Å². The molecule has 0 saturated carbocycles. The average Bonchev–Trinajstić information content (AvgIpc) is 3.05. The fourth-order valence-electron chi connectivity index (χ4n) is 5.43. The Hall–Kier alpha value is -2.29. The van der Waals surface area contributed by atoms with E-state index in [1.54, 1.807) is 24.3 Å². The first-order valence-corrected chi connectivity index (χ1v) is 18.9. The van der Waals surface area contributed by atoms with E-state index in [1.165, 1.54) is 0 Å². The summed E-state index contributed by atoms with van der Waals surface area (Å²) in [6.45, 7) is 6.47. The predicted molar refractivity (Wildman–Crippen MR) is 189 cm³/mol. The third-order valence-corrected chi connectivity index (χ3v) is 9.84. The number of unbranched alkanes of at least 4 members (excludes halogenated alkanes) is 2. The second-order valence-corrected chi connectivity index (χ2v) is 14.4. The molecule has 3 rings (SSSR count). The van der Waals surface area contributed by atoms with Gasteiger partial charge in [0.05, 0.1) is 44.5 Å². The van der Waals surface area contributed by atoms with Gasteiger partial charge < -0.3 is 29.7 Å². The molecule has 2 aromatic carbocycles. The number of fused-ring (bicyclic) bond motifs is 1. The number of urea groups is 1. The standard InChI is InChI=1S/C34H50Cl2N4O7S/c1-3-8-28(41)10-5-4-6-12-37-34(42)38-13-15-45-17-19-47-20-18-46-16-14-39-48(43,44)29-11-7-9-26(21-29)31-24-40(2)25-32-30(31)22-27(35)23-33(32)36/h7,9,11,21-23,31,39H,3-6,8,10,12-20,24-25H2,1-2H3,(H2,37,38,42)/t31-/m0/s1. The Bertz CT molecular complexity index is 1410. The summed E-state index contributed by atoms with van der Waals surface area (Å²) in [6, 6.07) is 10.4. The Kier molecular flexibility index (Phi) is 18.2. The van der Waals surface area contributed by atoms with Crippen molar-refractivity contribution in [3.05, 3.63) is 63.1 Å². The molecule has 1 atom stereocenters. The van der Waals surface area contributed by atoms with Crippen LogP contribution >= 0.6 is 23.2 Å². The number of amides is 2. The Morgan fingerprint density at radius 2 is 1.56 bits per heavy atom. The number of carbonyl (C=O) groups is 2. The largest absolute Gasteiger partial charge is 0.378 e. The Balaban J connectivity index is 1.22. The van der Waals surface area contributed by atoms with Crippen LogP contribution in [0.5, 0.6) is 0 Å². The molecule has 0 aromatic heterocycles. The normalized spacial score (nSPS) is 14.9. The van der Waals surface area contributed by atoms with Gasteiger partial charge >= 0.3 is 6.03 Å². The maximum atomic E-state index is 13.0. The van der Waals surface area contributed by atoms with E-state index in [9.17, 15) is 18.0 Å². The Morgan fingerprint density at radius 1 is 0.875 bits per heavy atom. The minimum atomic E-state index is -3.74. The number of carbonyl (C=O) groups excluding carboxylic acids is 2. The molecule has 1 heterocycles. The minimum Gasteiger partial charge on any atom is -0.378 e. The zero-order chi connectivity index (χ0) is 34.8. The highest BCUT2D eigenvalue weighted by Gasteiger charge is 2.28. The van der Waals surface area contributed by atoms with Gasteiger partial charge in [-0.15, -0.1) is 0 Å². The summed E-state index contributed by atoms with van der Waals surface area (Å²) in [5, 5.41) is 6.70. The van der Waals surface area contributed by atoms with Gasteiger partial charge in [0.15, 0.2) is 0 Å². The molecule has 11 nitrogen and oxygen atoms in total. The lowest BCUT2D eigenvalue weighted by Gasteiger charge is -2.33. The monoisotopic (exact) mass is 728 g/mol. The highest BCUT2D eigenvalue weighted by atomic mass is 35.5. The third-order valence-electron chi connectivity index (χ3n) is 7.82. The molecule has 0 saturated heterocycles. The van der Waals surface area contributed by atoms with Crippen LogP contribution in [0.4, 0.5) is 4.79 Å². The number of benzene rings is 2. The molecule has 0 radical (unpaired) electrons. The third kappa shape index (κ3) is 14.3. The molecule has 2 amide bonds. The second-order valence-electron chi connectivity index (χ2n) is 11.8. The van der Waals surface area contributed by atoms with Crippen LogP contribution in [0, 0.1) is 0 Å². The Labute approximate surface area is 295 Å². The van der Waals surface area contributed by atoms with Gasteiger partial charge in [0, 0.05) is 61.5 Å². The van der Waals surface area contributed by atoms with E-state index in [4.69, 9.17) is 37.4 Å². The molecule has 0 unspecified atom stereocenters. The number of nitrogens with one attached hydrogen (secondary N) is 3. The SMILES string of the molecule is CCCC(=O)CCCCCNC(=O)NCCOCCOCCOCCNS(=O)(=O)c1cccc([C@@H]2CN(C)Cc3c(Cl)cc(Cl)cc32)c1. The van der Waals surface area contributed by atoms with E-state index in [0.717, 1.165) is 42.4 Å². The van der Waals surface area contributed by atoms with Crippen LogP contribution in [-0.4, -0.2) is 98.0 Å². The molecular weight excluding hydrogens is 679 g/mol. The van der Waals surface area contributed by atoms with Gasteiger partial charge in [0.25, 0.3) is 0 Å². The summed E-state index contributed by atoms with van der Waals surface area (Å²) < 4.78 is 45.1. The summed E-state index contributed by atoms with van der Waals surface area (Å²) in [7, 11) is -1.73. The average molecular weight is 730 g/mol. The molecule has 0 aliphatic carbocycles. The number of hydrogen-bond acceptors (Lipinski definition) is 8. The smallest absolute Gasteiger partial charge is 0.314 e. The van der Waals surface area contributed by atoms with Crippen LogP contribution in [0.3, 0.4) is 0 Å². The first-order valence-electron chi connectivity index (χ1n) is 16.6. The highest BCUT2D eigenvalue weighted by Crippen LogP contribution is 2.38. The topological polar surface area (TPSA) is 135 Å². The number of nitrogens with zero attached hydrogens (tertiary/aromatic N) is 1. The van der Waals surface area contributed by atoms with Crippen molar-refractivity contribution in [1.29, 1.82) is 0 Å². The van der Waals surface area contributed by atoms with E-state index < -0.39 is 10.0 Å². The lowest BCUT2D eigenvalue weighted by molar-refractivity contribution is -0.119. The number of rotatable bonds is 23. The van der Waals surface area contributed by atoms with E-state index in [1.807, 2.05) is 26.1 Å².